The predicted molar refractivity (Wildman–Crippen MR) is 96.8 cm³/mol. The van der Waals surface area contributed by atoms with E-state index in [1.807, 2.05) is 18.2 Å². The van der Waals surface area contributed by atoms with Gasteiger partial charge >= 0.3 is 7.60 Å². The molecule has 0 bridgehead atoms. The number of benzene rings is 1. The average molecular weight is 464 g/mol. The van der Waals surface area contributed by atoms with Crippen LogP contribution in [0.3, 0.4) is 0 Å². The fourth-order valence-corrected chi connectivity index (χ4v) is 3.83. The van der Waals surface area contributed by atoms with Crippen molar-refractivity contribution in [3.05, 3.63) is 27.4 Å². The molecule has 0 amide bonds. The Bertz CT molecular complexity index is 924. The van der Waals surface area contributed by atoms with E-state index in [2.05, 4.69) is 52.1 Å². The zero-order chi connectivity index (χ0) is 16.6. The number of rotatable bonds is 5. The number of hydrogen-bond donors (Lipinski definition) is 4. The molecule has 23 heavy (non-hydrogen) atoms. The number of anilines is 1. The summed E-state index contributed by atoms with van der Waals surface area (Å²) in [5, 5.41) is 4.07. The third-order valence-corrected chi connectivity index (χ3v) is 5.22. The summed E-state index contributed by atoms with van der Waals surface area (Å²) < 4.78 is 12.3. The van der Waals surface area contributed by atoms with Gasteiger partial charge in [0, 0.05) is 21.9 Å². The fourth-order valence-electron chi connectivity index (χ4n) is 2.36. The molecule has 4 N–H and O–H groups in total. The molecule has 0 atom stereocenters. The minimum atomic E-state index is -3.97. The van der Waals surface area contributed by atoms with E-state index in [9.17, 15) is 4.57 Å². The molecule has 2 heterocycles. The van der Waals surface area contributed by atoms with Crippen LogP contribution in [0.5, 0.6) is 0 Å². The van der Waals surface area contributed by atoms with Gasteiger partial charge in [0.2, 0.25) is 0 Å². The number of aromatic nitrogens is 3. The van der Waals surface area contributed by atoms with Gasteiger partial charge in [-0.15, -0.1) is 0 Å². The van der Waals surface area contributed by atoms with Crippen molar-refractivity contribution in [1.82, 2.24) is 15.0 Å². The molecule has 0 saturated carbocycles. The van der Waals surface area contributed by atoms with Gasteiger partial charge in [0.1, 0.15) is 11.0 Å². The van der Waals surface area contributed by atoms with Crippen LogP contribution in [0.15, 0.2) is 27.4 Å². The van der Waals surface area contributed by atoms with E-state index >= 15 is 0 Å². The first-order valence-electron chi connectivity index (χ1n) is 6.77. The molecule has 0 aliphatic carbocycles. The highest BCUT2D eigenvalue weighted by atomic mass is 79.9. The SMILES string of the molecule is O=P(O)(O)CCCNc1nc(Br)nc2c1[nH]c1cccc(Br)c12. The van der Waals surface area contributed by atoms with Gasteiger partial charge in [0.15, 0.2) is 10.6 Å². The fraction of sp³-hybridized carbons (Fsp3) is 0.231. The zero-order valence-corrected chi connectivity index (χ0v) is 15.8. The van der Waals surface area contributed by atoms with Gasteiger partial charge in [-0.2, -0.15) is 0 Å². The minimum absolute atomic E-state index is 0.159. The molecule has 3 aromatic rings. The first-order chi connectivity index (χ1) is 10.8. The highest BCUT2D eigenvalue weighted by Crippen LogP contribution is 2.35. The van der Waals surface area contributed by atoms with Gasteiger partial charge < -0.3 is 20.1 Å². The molecule has 0 aliphatic rings. The number of nitrogens with one attached hydrogen (secondary N) is 2. The molecule has 0 radical (unpaired) electrons. The topological polar surface area (TPSA) is 111 Å². The average Bonchev–Trinajstić information content (AvgIpc) is 2.82. The van der Waals surface area contributed by atoms with Crippen molar-refractivity contribution in [2.24, 2.45) is 0 Å². The Hall–Kier alpha value is -0.990. The Morgan fingerprint density at radius 1 is 1.26 bits per heavy atom. The highest BCUT2D eigenvalue weighted by molar-refractivity contribution is 9.10. The molecule has 7 nitrogen and oxygen atoms in total. The molecular formula is C13H13Br2N4O3P. The van der Waals surface area contributed by atoms with Crippen LogP contribution in [-0.2, 0) is 4.57 Å². The molecule has 3 rings (SSSR count). The van der Waals surface area contributed by atoms with Gasteiger partial charge in [0.25, 0.3) is 0 Å². The molecule has 10 heteroatoms. The van der Waals surface area contributed by atoms with E-state index in [1.54, 1.807) is 0 Å². The summed E-state index contributed by atoms with van der Waals surface area (Å²) in [6.07, 6.45) is 0.185. The lowest BCUT2D eigenvalue weighted by atomic mass is 10.2. The van der Waals surface area contributed by atoms with Crippen LogP contribution in [0.25, 0.3) is 21.9 Å². The van der Waals surface area contributed by atoms with Crippen molar-refractivity contribution < 1.29 is 14.4 Å². The second-order valence-corrected chi connectivity index (χ2v) is 8.36. The minimum Gasteiger partial charge on any atom is -0.368 e. The molecule has 0 unspecified atom stereocenters. The lowest BCUT2D eigenvalue weighted by molar-refractivity contribution is 0.372. The third-order valence-electron chi connectivity index (χ3n) is 3.31. The van der Waals surface area contributed by atoms with Gasteiger partial charge in [-0.3, -0.25) is 4.57 Å². The number of fused-ring (bicyclic) bond motifs is 3. The van der Waals surface area contributed by atoms with E-state index in [1.165, 1.54) is 0 Å². The monoisotopic (exact) mass is 462 g/mol. The van der Waals surface area contributed by atoms with Crippen LogP contribution in [0.4, 0.5) is 5.82 Å². The Balaban J connectivity index is 1.96. The van der Waals surface area contributed by atoms with Crippen molar-refractivity contribution in [3.8, 4) is 0 Å². The summed E-state index contributed by atoms with van der Waals surface area (Å²) in [5.41, 5.74) is 2.46. The maximum atomic E-state index is 10.9. The number of aromatic amines is 1. The van der Waals surface area contributed by atoms with Crippen LogP contribution >= 0.6 is 39.5 Å². The summed E-state index contributed by atoms with van der Waals surface area (Å²) in [4.78, 5) is 29.8. The van der Waals surface area contributed by atoms with E-state index in [-0.39, 0.29) is 6.16 Å². The Labute approximate surface area is 148 Å². The number of nitrogens with zero attached hydrogens (tertiary/aromatic N) is 2. The second kappa shape index (κ2) is 6.49. The van der Waals surface area contributed by atoms with Crippen molar-refractivity contribution in [2.45, 2.75) is 6.42 Å². The van der Waals surface area contributed by atoms with Crippen LogP contribution in [0.2, 0.25) is 0 Å². The summed E-state index contributed by atoms with van der Waals surface area (Å²) in [7, 11) is -3.97. The lowest BCUT2D eigenvalue weighted by Gasteiger charge is -2.08. The number of halogens is 2. The van der Waals surface area contributed by atoms with Crippen molar-refractivity contribution in [2.75, 3.05) is 18.0 Å². The molecular weight excluding hydrogens is 451 g/mol. The van der Waals surface area contributed by atoms with Gasteiger partial charge in [-0.05, 0) is 34.5 Å². The van der Waals surface area contributed by atoms with Crippen LogP contribution in [-0.4, -0.2) is 37.4 Å². The van der Waals surface area contributed by atoms with Gasteiger partial charge in [0.05, 0.1) is 6.16 Å². The highest BCUT2D eigenvalue weighted by Gasteiger charge is 2.15. The molecule has 1 aromatic carbocycles. The number of H-pyrrole nitrogens is 1. The van der Waals surface area contributed by atoms with Crippen LogP contribution in [0.1, 0.15) is 6.42 Å². The van der Waals surface area contributed by atoms with Gasteiger partial charge in [-0.1, -0.05) is 22.0 Å². The standard InChI is InChI=1S/C13H13Br2N4O3P/c14-7-3-1-4-8-9(7)10-11(17-8)12(19-13(15)18-10)16-5-2-6-23(20,21)22/h1,3-4,17H,2,5-6H2,(H,16,18,19)(H2,20,21,22). The maximum absolute atomic E-state index is 10.9. The summed E-state index contributed by atoms with van der Waals surface area (Å²) in [5.74, 6) is 0.593. The molecule has 2 aromatic heterocycles. The Morgan fingerprint density at radius 2 is 2.04 bits per heavy atom. The first-order valence-corrected chi connectivity index (χ1v) is 10.2. The summed E-state index contributed by atoms with van der Waals surface area (Å²) in [6, 6.07) is 5.82. The lowest BCUT2D eigenvalue weighted by Crippen LogP contribution is -2.06. The van der Waals surface area contributed by atoms with Crippen molar-refractivity contribution >= 4 is 67.2 Å². The Kier molecular flexibility index (Phi) is 4.75. The molecule has 0 spiro atoms. The van der Waals surface area contributed by atoms with Gasteiger partial charge in [-0.25, -0.2) is 9.97 Å². The molecule has 0 aliphatic heterocycles. The van der Waals surface area contributed by atoms with Crippen LogP contribution < -0.4 is 5.32 Å². The quantitative estimate of drug-likeness (QED) is 0.261. The Morgan fingerprint density at radius 3 is 2.78 bits per heavy atom. The molecule has 122 valence electrons. The van der Waals surface area contributed by atoms with E-state index in [0.717, 1.165) is 26.4 Å². The van der Waals surface area contributed by atoms with E-state index < -0.39 is 7.60 Å². The van der Waals surface area contributed by atoms with Crippen molar-refractivity contribution in [1.29, 1.82) is 0 Å². The predicted octanol–water partition coefficient (Wildman–Crippen LogP) is 3.62. The van der Waals surface area contributed by atoms with E-state index in [4.69, 9.17) is 9.79 Å². The summed E-state index contributed by atoms with van der Waals surface area (Å²) >= 11 is 6.83. The number of hydrogen-bond acceptors (Lipinski definition) is 4. The first kappa shape index (κ1) is 16.9. The van der Waals surface area contributed by atoms with E-state index in [0.29, 0.717) is 23.5 Å². The zero-order valence-electron chi connectivity index (χ0n) is 11.8. The molecule has 0 saturated heterocycles. The largest absolute Gasteiger partial charge is 0.368 e. The normalized spacial score (nSPS) is 12.2. The smallest absolute Gasteiger partial charge is 0.325 e. The van der Waals surface area contributed by atoms with Crippen LogP contribution in [0, 0.1) is 0 Å². The maximum Gasteiger partial charge on any atom is 0.325 e. The van der Waals surface area contributed by atoms with Crippen molar-refractivity contribution in [3.63, 3.8) is 0 Å². The summed E-state index contributed by atoms with van der Waals surface area (Å²) in [6.45, 7) is 0.403. The molecule has 0 fully saturated rings. The third kappa shape index (κ3) is 3.75. The second-order valence-electron chi connectivity index (χ2n) is 5.02.